The first-order chi connectivity index (χ1) is 9.01. The van der Waals surface area contributed by atoms with Crippen LogP contribution in [-0.4, -0.2) is 27.5 Å². The number of imidazole rings is 1. The van der Waals surface area contributed by atoms with E-state index in [2.05, 4.69) is 36.4 Å². The Hall–Kier alpha value is -1.36. The fourth-order valence-corrected chi connectivity index (χ4v) is 1.88. The second kappa shape index (κ2) is 7.94. The molecule has 0 aromatic carbocycles. The predicted molar refractivity (Wildman–Crippen MR) is 76.7 cm³/mol. The van der Waals surface area contributed by atoms with Crippen LogP contribution in [0.5, 0.6) is 0 Å². The Balaban J connectivity index is 2.38. The van der Waals surface area contributed by atoms with Crippen LogP contribution in [-0.2, 0) is 17.9 Å². The normalized spacial score (nSPS) is 12.7. The molecule has 0 saturated heterocycles. The summed E-state index contributed by atoms with van der Waals surface area (Å²) in [6.45, 7) is 9.42. The maximum atomic E-state index is 11.8. The van der Waals surface area contributed by atoms with Gasteiger partial charge in [-0.05, 0) is 13.3 Å². The molecule has 1 aromatic rings. The smallest absolute Gasteiger partial charge is 0.240 e. The first-order valence-corrected chi connectivity index (χ1v) is 7.04. The summed E-state index contributed by atoms with van der Waals surface area (Å²) in [5.74, 6) is 0.0433. The van der Waals surface area contributed by atoms with Crippen molar-refractivity contribution < 1.29 is 4.79 Å². The van der Waals surface area contributed by atoms with Crippen LogP contribution in [0.4, 0.5) is 0 Å². The fourth-order valence-electron chi connectivity index (χ4n) is 1.88. The van der Waals surface area contributed by atoms with Crippen LogP contribution < -0.4 is 10.6 Å². The van der Waals surface area contributed by atoms with Gasteiger partial charge in [-0.25, -0.2) is 4.98 Å². The number of amides is 1. The van der Waals surface area contributed by atoms with Gasteiger partial charge in [-0.1, -0.05) is 27.2 Å². The SMILES string of the molecule is CCCC(C)NC(=O)Cn1cnc(CNC(C)C)c1. The molecule has 0 aliphatic carbocycles. The Morgan fingerprint density at radius 3 is 2.79 bits per heavy atom. The number of hydrogen-bond acceptors (Lipinski definition) is 3. The highest BCUT2D eigenvalue weighted by Crippen LogP contribution is 1.98. The van der Waals surface area contributed by atoms with Crippen molar-refractivity contribution >= 4 is 5.91 Å². The maximum absolute atomic E-state index is 11.8. The van der Waals surface area contributed by atoms with Gasteiger partial charge in [-0.3, -0.25) is 4.79 Å². The summed E-state index contributed by atoms with van der Waals surface area (Å²) in [6, 6.07) is 0.673. The van der Waals surface area contributed by atoms with Crippen molar-refractivity contribution in [3.8, 4) is 0 Å². The Labute approximate surface area is 115 Å². The van der Waals surface area contributed by atoms with Crippen LogP contribution in [0.3, 0.4) is 0 Å². The molecule has 1 atom stereocenters. The number of carbonyl (C=O) groups is 1. The molecule has 5 heteroatoms. The summed E-state index contributed by atoms with van der Waals surface area (Å²) in [6.07, 6.45) is 5.72. The molecule has 108 valence electrons. The molecule has 19 heavy (non-hydrogen) atoms. The molecule has 0 aliphatic rings. The number of aromatic nitrogens is 2. The van der Waals surface area contributed by atoms with Crippen molar-refractivity contribution in [3.63, 3.8) is 0 Å². The summed E-state index contributed by atoms with van der Waals surface area (Å²) >= 11 is 0. The fraction of sp³-hybridized carbons (Fsp3) is 0.714. The minimum atomic E-state index is 0.0433. The van der Waals surface area contributed by atoms with E-state index < -0.39 is 0 Å². The highest BCUT2D eigenvalue weighted by Gasteiger charge is 2.08. The monoisotopic (exact) mass is 266 g/mol. The van der Waals surface area contributed by atoms with Crippen LogP contribution in [0.2, 0.25) is 0 Å². The van der Waals surface area contributed by atoms with Gasteiger partial charge in [0.25, 0.3) is 0 Å². The molecule has 2 N–H and O–H groups in total. The molecule has 5 nitrogen and oxygen atoms in total. The molecule has 0 spiro atoms. The van der Waals surface area contributed by atoms with Crippen molar-refractivity contribution in [2.75, 3.05) is 0 Å². The lowest BCUT2D eigenvalue weighted by Gasteiger charge is -2.12. The van der Waals surface area contributed by atoms with E-state index in [0.717, 1.165) is 25.1 Å². The van der Waals surface area contributed by atoms with Gasteiger partial charge in [0.1, 0.15) is 6.54 Å². The summed E-state index contributed by atoms with van der Waals surface area (Å²) in [5.41, 5.74) is 0.961. The maximum Gasteiger partial charge on any atom is 0.240 e. The van der Waals surface area contributed by atoms with Gasteiger partial charge in [0, 0.05) is 24.8 Å². The number of carbonyl (C=O) groups excluding carboxylic acids is 1. The molecule has 1 heterocycles. The lowest BCUT2D eigenvalue weighted by Crippen LogP contribution is -2.34. The number of nitrogens with zero attached hydrogens (tertiary/aromatic N) is 2. The topological polar surface area (TPSA) is 59.0 Å². The molecular weight excluding hydrogens is 240 g/mol. The van der Waals surface area contributed by atoms with E-state index in [0.29, 0.717) is 12.6 Å². The number of rotatable bonds is 8. The van der Waals surface area contributed by atoms with Crippen molar-refractivity contribution in [1.82, 2.24) is 20.2 Å². The second-order valence-corrected chi connectivity index (χ2v) is 5.33. The van der Waals surface area contributed by atoms with Gasteiger partial charge in [-0.15, -0.1) is 0 Å². The van der Waals surface area contributed by atoms with Crippen LogP contribution in [0.1, 0.15) is 46.2 Å². The van der Waals surface area contributed by atoms with Crippen molar-refractivity contribution in [2.45, 2.75) is 65.7 Å². The standard InChI is InChI=1S/C14H26N4O/c1-5-6-12(4)17-14(19)9-18-8-13(16-10-18)7-15-11(2)3/h8,10-12,15H,5-7,9H2,1-4H3,(H,17,19). The number of nitrogens with one attached hydrogen (secondary N) is 2. The number of hydrogen-bond donors (Lipinski definition) is 2. The molecule has 0 fully saturated rings. The van der Waals surface area contributed by atoms with Gasteiger partial charge < -0.3 is 15.2 Å². The van der Waals surface area contributed by atoms with E-state index >= 15 is 0 Å². The van der Waals surface area contributed by atoms with Crippen molar-refractivity contribution in [2.24, 2.45) is 0 Å². The molecule has 1 rings (SSSR count). The Morgan fingerprint density at radius 2 is 2.16 bits per heavy atom. The lowest BCUT2D eigenvalue weighted by atomic mass is 10.2. The van der Waals surface area contributed by atoms with Gasteiger partial charge in [0.15, 0.2) is 0 Å². The molecule has 0 radical (unpaired) electrons. The lowest BCUT2D eigenvalue weighted by molar-refractivity contribution is -0.122. The first-order valence-electron chi connectivity index (χ1n) is 7.04. The highest BCUT2D eigenvalue weighted by molar-refractivity contribution is 5.75. The largest absolute Gasteiger partial charge is 0.352 e. The first kappa shape index (κ1) is 15.7. The van der Waals surface area contributed by atoms with Crippen LogP contribution in [0.15, 0.2) is 12.5 Å². The quantitative estimate of drug-likeness (QED) is 0.752. The second-order valence-electron chi connectivity index (χ2n) is 5.33. The summed E-state index contributed by atoms with van der Waals surface area (Å²) in [4.78, 5) is 16.1. The van der Waals surface area contributed by atoms with E-state index in [4.69, 9.17) is 0 Å². The van der Waals surface area contributed by atoms with Crippen LogP contribution in [0.25, 0.3) is 0 Å². The highest BCUT2D eigenvalue weighted by atomic mass is 16.2. The van der Waals surface area contributed by atoms with E-state index in [1.165, 1.54) is 0 Å². The zero-order valence-corrected chi connectivity index (χ0v) is 12.4. The third kappa shape index (κ3) is 6.38. The van der Waals surface area contributed by atoms with Gasteiger partial charge in [0.05, 0.1) is 12.0 Å². The Kier molecular flexibility index (Phi) is 6.56. The minimum absolute atomic E-state index is 0.0433. The van der Waals surface area contributed by atoms with Crippen LogP contribution in [0, 0.1) is 0 Å². The molecule has 1 amide bonds. The minimum Gasteiger partial charge on any atom is -0.352 e. The van der Waals surface area contributed by atoms with Gasteiger partial charge >= 0.3 is 0 Å². The van der Waals surface area contributed by atoms with E-state index in [9.17, 15) is 4.79 Å². The van der Waals surface area contributed by atoms with Crippen molar-refractivity contribution in [1.29, 1.82) is 0 Å². The molecule has 0 saturated carbocycles. The van der Waals surface area contributed by atoms with E-state index in [1.54, 1.807) is 6.33 Å². The Morgan fingerprint density at radius 1 is 1.42 bits per heavy atom. The van der Waals surface area contributed by atoms with E-state index in [1.807, 2.05) is 17.7 Å². The summed E-state index contributed by atoms with van der Waals surface area (Å²) in [7, 11) is 0. The van der Waals surface area contributed by atoms with E-state index in [-0.39, 0.29) is 11.9 Å². The van der Waals surface area contributed by atoms with Crippen LogP contribution >= 0.6 is 0 Å². The average Bonchev–Trinajstić information content (AvgIpc) is 2.74. The third-order valence-electron chi connectivity index (χ3n) is 2.83. The molecule has 1 unspecified atom stereocenters. The zero-order valence-electron chi connectivity index (χ0n) is 12.4. The molecule has 0 bridgehead atoms. The molecule has 0 aliphatic heterocycles. The van der Waals surface area contributed by atoms with Gasteiger partial charge in [-0.2, -0.15) is 0 Å². The predicted octanol–water partition coefficient (Wildman–Crippen LogP) is 1.69. The van der Waals surface area contributed by atoms with Gasteiger partial charge in [0.2, 0.25) is 5.91 Å². The summed E-state index contributed by atoms with van der Waals surface area (Å²) in [5, 5.41) is 6.29. The third-order valence-corrected chi connectivity index (χ3v) is 2.83. The molecular formula is C14H26N4O. The summed E-state index contributed by atoms with van der Waals surface area (Å²) < 4.78 is 1.82. The van der Waals surface area contributed by atoms with Crippen molar-refractivity contribution in [3.05, 3.63) is 18.2 Å². The molecule has 1 aromatic heterocycles. The Bertz CT molecular complexity index is 387. The zero-order chi connectivity index (χ0) is 14.3. The average molecular weight is 266 g/mol.